The first-order valence-electron chi connectivity index (χ1n) is 12.7. The average molecular weight is 522 g/mol. The Hall–Kier alpha value is -2.81. The quantitative estimate of drug-likeness (QED) is 0.221. The smallest absolute Gasteiger partial charge is 0.231 e. The van der Waals surface area contributed by atoms with E-state index in [1.165, 1.54) is 53.6 Å². The van der Waals surface area contributed by atoms with E-state index >= 15 is 0 Å². The summed E-state index contributed by atoms with van der Waals surface area (Å²) in [5, 5.41) is 5.61. The molecule has 1 fully saturated rings. The number of aromatic nitrogens is 1. The fourth-order valence-corrected chi connectivity index (χ4v) is 6.71. The monoisotopic (exact) mass is 521 g/mol. The summed E-state index contributed by atoms with van der Waals surface area (Å²) < 4.78 is 23.3. The van der Waals surface area contributed by atoms with E-state index in [4.69, 9.17) is 18.6 Å². The fraction of sp³-hybridized carbons (Fsp3) is 0.393. The van der Waals surface area contributed by atoms with Crippen molar-refractivity contribution in [3.05, 3.63) is 64.4 Å². The maximum absolute atomic E-state index is 6.19. The van der Waals surface area contributed by atoms with E-state index in [2.05, 4.69) is 57.0 Å². The van der Waals surface area contributed by atoms with Crippen LogP contribution in [0, 0.1) is 0 Å². The van der Waals surface area contributed by atoms with Crippen molar-refractivity contribution in [3.8, 4) is 17.2 Å². The van der Waals surface area contributed by atoms with Gasteiger partial charge in [0.2, 0.25) is 6.79 Å². The Labute approximate surface area is 220 Å². The molecular formula is C28H31N3O3S2. The van der Waals surface area contributed by atoms with E-state index in [0.29, 0.717) is 13.4 Å². The third-order valence-electron chi connectivity index (χ3n) is 6.80. The summed E-state index contributed by atoms with van der Waals surface area (Å²) in [7, 11) is 0. The van der Waals surface area contributed by atoms with Crippen LogP contribution >= 0.6 is 22.9 Å². The van der Waals surface area contributed by atoms with Crippen LogP contribution in [0.4, 0.5) is 5.82 Å². The molecule has 0 N–H and O–H groups in total. The van der Waals surface area contributed by atoms with Gasteiger partial charge in [-0.15, -0.1) is 0 Å². The minimum atomic E-state index is 0.292. The van der Waals surface area contributed by atoms with Crippen molar-refractivity contribution in [2.45, 2.75) is 38.8 Å². The van der Waals surface area contributed by atoms with Crippen LogP contribution in [-0.2, 0) is 13.1 Å². The van der Waals surface area contributed by atoms with Crippen molar-refractivity contribution >= 4 is 38.8 Å². The zero-order valence-electron chi connectivity index (χ0n) is 20.4. The van der Waals surface area contributed by atoms with Crippen molar-refractivity contribution in [2.24, 2.45) is 0 Å². The van der Waals surface area contributed by atoms with Crippen molar-refractivity contribution < 1.29 is 14.2 Å². The predicted octanol–water partition coefficient (Wildman–Crippen LogP) is 6.55. The van der Waals surface area contributed by atoms with Gasteiger partial charge >= 0.3 is 0 Å². The third kappa shape index (κ3) is 5.45. The van der Waals surface area contributed by atoms with E-state index < -0.39 is 0 Å². The van der Waals surface area contributed by atoms with Crippen molar-refractivity contribution in [3.63, 3.8) is 0 Å². The van der Waals surface area contributed by atoms with Gasteiger partial charge in [0.1, 0.15) is 5.75 Å². The van der Waals surface area contributed by atoms with E-state index in [-0.39, 0.29) is 0 Å². The lowest BCUT2D eigenvalue weighted by Crippen LogP contribution is -2.29. The highest BCUT2D eigenvalue weighted by Gasteiger charge is 2.18. The SMILES string of the molecule is c1cc(CN2CCCCC2)cc(OCCCN(Cc2ccc3c(c2)OCO3)c2nsc3cscc23)c1. The van der Waals surface area contributed by atoms with E-state index in [1.54, 1.807) is 22.9 Å². The second-order valence-electron chi connectivity index (χ2n) is 9.45. The molecule has 2 aromatic carbocycles. The number of ether oxygens (including phenoxy) is 3. The highest BCUT2D eigenvalue weighted by molar-refractivity contribution is 7.19. The molecule has 0 unspecified atom stereocenters. The number of nitrogens with zero attached hydrogens (tertiary/aromatic N) is 3. The second kappa shape index (κ2) is 11.1. The molecule has 36 heavy (non-hydrogen) atoms. The summed E-state index contributed by atoms with van der Waals surface area (Å²) in [6.07, 6.45) is 4.90. The van der Waals surface area contributed by atoms with Crippen molar-refractivity contribution in [2.75, 3.05) is 37.9 Å². The number of benzene rings is 2. The second-order valence-corrected chi connectivity index (χ2v) is 11.0. The minimum absolute atomic E-state index is 0.292. The van der Waals surface area contributed by atoms with Crippen LogP contribution in [0.1, 0.15) is 36.8 Å². The van der Waals surface area contributed by atoms with Crippen LogP contribution in [0.5, 0.6) is 17.2 Å². The number of hydrogen-bond donors (Lipinski definition) is 0. The van der Waals surface area contributed by atoms with Gasteiger partial charge in [0.15, 0.2) is 17.3 Å². The predicted molar refractivity (Wildman–Crippen MR) is 147 cm³/mol. The topological polar surface area (TPSA) is 47.1 Å². The molecule has 4 aromatic rings. The summed E-state index contributed by atoms with van der Waals surface area (Å²) >= 11 is 3.30. The molecule has 6 rings (SSSR count). The first-order chi connectivity index (χ1) is 17.8. The van der Waals surface area contributed by atoms with Crippen LogP contribution in [0.15, 0.2) is 53.2 Å². The van der Waals surface area contributed by atoms with Gasteiger partial charge in [-0.2, -0.15) is 15.7 Å². The van der Waals surface area contributed by atoms with Gasteiger partial charge < -0.3 is 19.1 Å². The van der Waals surface area contributed by atoms with Gasteiger partial charge in [0.05, 0.1) is 11.3 Å². The van der Waals surface area contributed by atoms with Gasteiger partial charge in [-0.1, -0.05) is 24.6 Å². The molecule has 0 radical (unpaired) electrons. The van der Waals surface area contributed by atoms with Crippen LogP contribution in [0.25, 0.3) is 10.1 Å². The van der Waals surface area contributed by atoms with E-state index in [9.17, 15) is 0 Å². The Kier molecular flexibility index (Phi) is 7.25. The Morgan fingerprint density at radius 1 is 0.972 bits per heavy atom. The molecule has 6 nitrogen and oxygen atoms in total. The van der Waals surface area contributed by atoms with Gasteiger partial charge in [-0.05, 0) is 79.3 Å². The highest BCUT2D eigenvalue weighted by Crippen LogP contribution is 2.36. The third-order valence-corrected chi connectivity index (χ3v) is 8.49. The minimum Gasteiger partial charge on any atom is -0.494 e. The lowest BCUT2D eigenvalue weighted by atomic mass is 10.1. The average Bonchev–Trinajstić information content (AvgIpc) is 3.64. The Balaban J connectivity index is 1.09. The fourth-order valence-electron chi connectivity index (χ4n) is 4.96. The molecule has 0 atom stereocenters. The van der Waals surface area contributed by atoms with Crippen LogP contribution in [-0.4, -0.2) is 42.3 Å². The Morgan fingerprint density at radius 2 is 1.89 bits per heavy atom. The molecule has 2 aliphatic rings. The molecular weight excluding hydrogens is 490 g/mol. The first kappa shape index (κ1) is 23.6. The number of likely N-dealkylation sites (tertiary alicyclic amines) is 1. The van der Waals surface area contributed by atoms with Gasteiger partial charge in [0.25, 0.3) is 0 Å². The first-order valence-corrected chi connectivity index (χ1v) is 14.4. The molecule has 2 aliphatic heterocycles. The lowest BCUT2D eigenvalue weighted by molar-refractivity contribution is 0.174. The molecule has 4 heterocycles. The van der Waals surface area contributed by atoms with Gasteiger partial charge in [-0.3, -0.25) is 4.90 Å². The molecule has 0 amide bonds. The zero-order valence-corrected chi connectivity index (χ0v) is 22.0. The molecule has 0 saturated carbocycles. The Bertz CT molecular complexity index is 1300. The van der Waals surface area contributed by atoms with Gasteiger partial charge in [-0.25, -0.2) is 0 Å². The maximum atomic E-state index is 6.19. The molecule has 188 valence electrons. The molecule has 2 aromatic heterocycles. The molecule has 8 heteroatoms. The lowest BCUT2D eigenvalue weighted by Gasteiger charge is -2.26. The molecule has 1 saturated heterocycles. The summed E-state index contributed by atoms with van der Waals surface area (Å²) in [6.45, 7) is 6.01. The normalized spacial score (nSPS) is 15.4. The molecule has 0 aliphatic carbocycles. The van der Waals surface area contributed by atoms with Crippen LogP contribution in [0.3, 0.4) is 0 Å². The van der Waals surface area contributed by atoms with Crippen LogP contribution < -0.4 is 19.1 Å². The zero-order chi connectivity index (χ0) is 24.2. The summed E-state index contributed by atoms with van der Waals surface area (Å²) in [5.74, 6) is 3.65. The van der Waals surface area contributed by atoms with Crippen molar-refractivity contribution in [1.82, 2.24) is 9.27 Å². The number of hydrogen-bond acceptors (Lipinski definition) is 8. The maximum Gasteiger partial charge on any atom is 0.231 e. The number of anilines is 1. The van der Waals surface area contributed by atoms with Crippen LogP contribution in [0.2, 0.25) is 0 Å². The van der Waals surface area contributed by atoms with E-state index in [1.807, 2.05) is 6.07 Å². The number of thiophene rings is 1. The summed E-state index contributed by atoms with van der Waals surface area (Å²) in [5.41, 5.74) is 2.52. The van der Waals surface area contributed by atoms with Crippen molar-refractivity contribution in [1.29, 1.82) is 0 Å². The number of fused-ring (bicyclic) bond motifs is 2. The van der Waals surface area contributed by atoms with E-state index in [0.717, 1.165) is 49.1 Å². The Morgan fingerprint density at radius 3 is 2.83 bits per heavy atom. The van der Waals surface area contributed by atoms with Gasteiger partial charge in [0, 0.05) is 35.8 Å². The molecule has 0 spiro atoms. The number of rotatable bonds is 10. The standard InChI is InChI=1S/C28H31N3O3S2/c1-2-10-30(11-3-1)16-21-6-4-7-23(14-21)32-13-5-12-31(28-24-18-35-19-27(24)36-29-28)17-22-8-9-25-26(15-22)34-20-33-25/h4,6-9,14-15,18-19H,1-3,5,10-13,16-17,20H2. The summed E-state index contributed by atoms with van der Waals surface area (Å²) in [6, 6.07) is 14.8. The largest absolute Gasteiger partial charge is 0.494 e. The highest BCUT2D eigenvalue weighted by atomic mass is 32.1. The summed E-state index contributed by atoms with van der Waals surface area (Å²) in [4.78, 5) is 4.91. The number of piperidine rings is 1. The molecule has 0 bridgehead atoms.